The maximum atomic E-state index is 11.7. The molecule has 1 saturated heterocycles. The topological polar surface area (TPSA) is 98.7 Å². The number of carbonyl (C=O) groups is 2. The van der Waals surface area contributed by atoms with Crippen LogP contribution in [0.4, 0.5) is 0 Å². The fourth-order valence-corrected chi connectivity index (χ4v) is 2.24. The number of rotatable bonds is 6. The Balaban J connectivity index is 2.32. The maximum absolute atomic E-state index is 11.7. The lowest BCUT2D eigenvalue weighted by Gasteiger charge is -2.28. The van der Waals surface area contributed by atoms with Crippen LogP contribution < -0.4 is 10.6 Å². The molecule has 3 atom stereocenters. The monoisotopic (exact) mass is 272 g/mol. The molecule has 0 saturated carbocycles. The van der Waals surface area contributed by atoms with E-state index in [1.54, 1.807) is 0 Å². The molecule has 6 heteroatoms. The summed E-state index contributed by atoms with van der Waals surface area (Å²) in [7, 11) is 0. The molecule has 1 heterocycles. The lowest BCUT2D eigenvalue weighted by Crippen LogP contribution is -2.47. The van der Waals surface area contributed by atoms with Gasteiger partial charge in [-0.1, -0.05) is 6.92 Å². The van der Waals surface area contributed by atoms with Crippen LogP contribution in [0.5, 0.6) is 0 Å². The zero-order chi connectivity index (χ0) is 14.5. The molecule has 19 heavy (non-hydrogen) atoms. The molecule has 1 aliphatic heterocycles. The number of hydrogen-bond acceptors (Lipinski definition) is 4. The van der Waals surface area contributed by atoms with Crippen molar-refractivity contribution >= 4 is 11.9 Å². The van der Waals surface area contributed by atoms with E-state index in [4.69, 9.17) is 5.11 Å². The van der Waals surface area contributed by atoms with Crippen LogP contribution in [0.15, 0.2) is 0 Å². The van der Waals surface area contributed by atoms with Crippen LogP contribution in [0.2, 0.25) is 0 Å². The van der Waals surface area contributed by atoms with Gasteiger partial charge in [-0.05, 0) is 44.7 Å². The predicted molar refractivity (Wildman–Crippen MR) is 70.6 cm³/mol. The lowest BCUT2D eigenvalue weighted by atomic mass is 9.85. The summed E-state index contributed by atoms with van der Waals surface area (Å²) in [6.45, 7) is 4.91. The van der Waals surface area contributed by atoms with Crippen molar-refractivity contribution in [2.24, 2.45) is 11.8 Å². The minimum atomic E-state index is -1.91. The van der Waals surface area contributed by atoms with Crippen LogP contribution in [0.25, 0.3) is 0 Å². The third kappa shape index (κ3) is 5.16. The molecule has 0 spiro atoms. The second kappa shape index (κ2) is 6.86. The molecule has 4 N–H and O–H groups in total. The number of aliphatic carboxylic acids is 1. The number of piperidine rings is 1. The molecule has 3 unspecified atom stereocenters. The zero-order valence-corrected chi connectivity index (χ0v) is 11.6. The first-order valence-corrected chi connectivity index (χ1v) is 6.76. The molecule has 1 aliphatic rings. The summed E-state index contributed by atoms with van der Waals surface area (Å²) in [4.78, 5) is 22.4. The van der Waals surface area contributed by atoms with E-state index in [0.29, 0.717) is 12.3 Å². The Hall–Kier alpha value is -1.14. The molecular formula is C13H24N2O4. The van der Waals surface area contributed by atoms with Gasteiger partial charge in [-0.3, -0.25) is 4.79 Å². The Morgan fingerprint density at radius 2 is 2.21 bits per heavy atom. The van der Waals surface area contributed by atoms with Crippen molar-refractivity contribution in [3.05, 3.63) is 0 Å². The first-order chi connectivity index (χ1) is 8.83. The van der Waals surface area contributed by atoms with Gasteiger partial charge in [0.2, 0.25) is 5.91 Å². The number of amides is 1. The third-order valence-corrected chi connectivity index (χ3v) is 3.74. The number of hydrogen-bond donors (Lipinski definition) is 4. The van der Waals surface area contributed by atoms with Crippen molar-refractivity contribution in [3.63, 3.8) is 0 Å². The van der Waals surface area contributed by atoms with Crippen LogP contribution in [0.3, 0.4) is 0 Å². The Kier molecular flexibility index (Phi) is 5.75. The van der Waals surface area contributed by atoms with Crippen LogP contribution in [-0.4, -0.2) is 47.3 Å². The summed E-state index contributed by atoms with van der Waals surface area (Å²) < 4.78 is 0. The molecule has 0 aliphatic carbocycles. The van der Waals surface area contributed by atoms with Crippen molar-refractivity contribution in [2.45, 2.75) is 38.7 Å². The predicted octanol–water partition coefficient (Wildman–Crippen LogP) is -0.0360. The van der Waals surface area contributed by atoms with Crippen LogP contribution >= 0.6 is 0 Å². The van der Waals surface area contributed by atoms with Gasteiger partial charge in [0, 0.05) is 6.42 Å². The van der Waals surface area contributed by atoms with Gasteiger partial charge in [0.25, 0.3) is 0 Å². The summed E-state index contributed by atoms with van der Waals surface area (Å²) >= 11 is 0. The highest BCUT2D eigenvalue weighted by molar-refractivity contribution is 5.80. The van der Waals surface area contributed by atoms with E-state index in [-0.39, 0.29) is 18.4 Å². The van der Waals surface area contributed by atoms with Gasteiger partial charge in [-0.2, -0.15) is 0 Å². The standard InChI is InChI=1S/C13H24N2O4/c1-9(10-4-3-5-14-7-10)6-11(16)15-8-13(2,19)12(17)18/h9-10,14,19H,3-8H2,1-2H3,(H,15,16)(H,17,18). The highest BCUT2D eigenvalue weighted by Gasteiger charge is 2.30. The Labute approximate surface area is 113 Å². The molecule has 0 radical (unpaired) electrons. The van der Waals surface area contributed by atoms with Crippen LogP contribution in [0.1, 0.15) is 33.1 Å². The summed E-state index contributed by atoms with van der Waals surface area (Å²) in [5.41, 5.74) is -1.91. The second-order valence-electron chi connectivity index (χ2n) is 5.64. The second-order valence-corrected chi connectivity index (χ2v) is 5.64. The molecule has 1 fully saturated rings. The quantitative estimate of drug-likeness (QED) is 0.544. The largest absolute Gasteiger partial charge is 0.479 e. The molecule has 1 amide bonds. The van der Waals surface area contributed by atoms with Gasteiger partial charge < -0.3 is 20.8 Å². The number of carboxylic acids is 1. The minimum absolute atomic E-state index is 0.209. The highest BCUT2D eigenvalue weighted by Crippen LogP contribution is 2.22. The average Bonchev–Trinajstić information content (AvgIpc) is 2.37. The van der Waals surface area contributed by atoms with Crippen LogP contribution in [0, 0.1) is 11.8 Å². The Bertz CT molecular complexity index is 325. The molecular weight excluding hydrogens is 248 g/mol. The van der Waals surface area contributed by atoms with Crippen LogP contribution in [-0.2, 0) is 9.59 Å². The van der Waals surface area contributed by atoms with Gasteiger partial charge >= 0.3 is 5.97 Å². The summed E-state index contributed by atoms with van der Waals surface area (Å²) in [5.74, 6) is -0.806. The van der Waals surface area contributed by atoms with E-state index in [0.717, 1.165) is 25.9 Å². The van der Waals surface area contributed by atoms with E-state index in [9.17, 15) is 14.7 Å². The Morgan fingerprint density at radius 1 is 1.53 bits per heavy atom. The average molecular weight is 272 g/mol. The van der Waals surface area contributed by atoms with Gasteiger partial charge in [-0.25, -0.2) is 4.79 Å². The van der Waals surface area contributed by atoms with E-state index in [1.807, 2.05) is 6.92 Å². The molecule has 0 aromatic rings. The third-order valence-electron chi connectivity index (χ3n) is 3.74. The molecule has 110 valence electrons. The summed E-state index contributed by atoms with van der Waals surface area (Å²) in [6.07, 6.45) is 2.61. The molecule has 0 aromatic carbocycles. The van der Waals surface area contributed by atoms with Gasteiger partial charge in [-0.15, -0.1) is 0 Å². The first-order valence-electron chi connectivity index (χ1n) is 6.76. The van der Waals surface area contributed by atoms with Gasteiger partial charge in [0.1, 0.15) is 0 Å². The normalized spacial score (nSPS) is 24.3. The van der Waals surface area contributed by atoms with Crippen molar-refractivity contribution < 1.29 is 19.8 Å². The van der Waals surface area contributed by atoms with Crippen molar-refractivity contribution in [1.82, 2.24) is 10.6 Å². The minimum Gasteiger partial charge on any atom is -0.479 e. The van der Waals surface area contributed by atoms with E-state index in [1.165, 1.54) is 6.92 Å². The molecule has 6 nitrogen and oxygen atoms in total. The molecule has 0 bridgehead atoms. The molecule has 0 aromatic heterocycles. The number of carbonyl (C=O) groups excluding carboxylic acids is 1. The zero-order valence-electron chi connectivity index (χ0n) is 11.6. The lowest BCUT2D eigenvalue weighted by molar-refractivity contribution is -0.156. The molecule has 1 rings (SSSR count). The summed E-state index contributed by atoms with van der Waals surface area (Å²) in [6, 6.07) is 0. The number of nitrogens with one attached hydrogen (secondary N) is 2. The smallest absolute Gasteiger partial charge is 0.337 e. The van der Waals surface area contributed by atoms with Gasteiger partial charge in [0.15, 0.2) is 5.60 Å². The van der Waals surface area contributed by atoms with E-state index >= 15 is 0 Å². The van der Waals surface area contributed by atoms with Crippen molar-refractivity contribution in [1.29, 1.82) is 0 Å². The van der Waals surface area contributed by atoms with E-state index in [2.05, 4.69) is 10.6 Å². The first kappa shape index (κ1) is 15.9. The fraction of sp³-hybridized carbons (Fsp3) is 0.846. The van der Waals surface area contributed by atoms with Crippen molar-refractivity contribution in [3.8, 4) is 0 Å². The fourth-order valence-electron chi connectivity index (χ4n) is 2.24. The number of aliphatic hydroxyl groups is 1. The number of carboxylic acid groups (broad SMARTS) is 1. The van der Waals surface area contributed by atoms with Crippen molar-refractivity contribution in [2.75, 3.05) is 19.6 Å². The SMILES string of the molecule is CC(CC(=O)NCC(C)(O)C(=O)O)C1CCCNC1. The Morgan fingerprint density at radius 3 is 2.74 bits per heavy atom. The highest BCUT2D eigenvalue weighted by atomic mass is 16.4. The maximum Gasteiger partial charge on any atom is 0.337 e. The van der Waals surface area contributed by atoms with Gasteiger partial charge in [0.05, 0.1) is 6.54 Å². The summed E-state index contributed by atoms with van der Waals surface area (Å²) in [5, 5.41) is 24.0. The van der Waals surface area contributed by atoms with E-state index < -0.39 is 11.6 Å².